The number of fused-ring (bicyclic) bond motifs is 2. The summed E-state index contributed by atoms with van der Waals surface area (Å²) in [4.78, 5) is 15.2. The molecule has 2 bridgehead atoms. The molecule has 1 saturated carbocycles. The molecule has 2 aromatic rings. The van der Waals surface area contributed by atoms with Gasteiger partial charge in [0, 0.05) is 35.9 Å². The van der Waals surface area contributed by atoms with Gasteiger partial charge in [-0.15, -0.1) is 5.10 Å². The standard InChI is InChI=1S/C24H36N6O/c1-16-13-17(2)29(26-16)23-11-12-24(31)30(27-23)20-9-7-18(8-10-20)25-19-14-21-5-4-6-22(15-19)28(21)3/h11-13,18-22,25H,4-10,14-15H2,1-3H3. The van der Waals surface area contributed by atoms with Gasteiger partial charge in [0.05, 0.1) is 11.7 Å². The summed E-state index contributed by atoms with van der Waals surface area (Å²) in [5, 5.41) is 13.2. The Morgan fingerprint density at radius 1 is 0.903 bits per heavy atom. The first-order valence-electron chi connectivity index (χ1n) is 12.1. The van der Waals surface area contributed by atoms with Crippen LogP contribution in [0.4, 0.5) is 0 Å². The summed E-state index contributed by atoms with van der Waals surface area (Å²) in [6.07, 6.45) is 10.9. The molecule has 0 amide bonds. The summed E-state index contributed by atoms with van der Waals surface area (Å²) in [5.74, 6) is 0.725. The zero-order valence-electron chi connectivity index (χ0n) is 19.1. The third kappa shape index (κ3) is 4.22. The van der Waals surface area contributed by atoms with Gasteiger partial charge in [0.1, 0.15) is 0 Å². The van der Waals surface area contributed by atoms with Crippen molar-refractivity contribution in [1.82, 2.24) is 29.8 Å². The first-order valence-corrected chi connectivity index (χ1v) is 12.1. The molecule has 5 rings (SSSR count). The van der Waals surface area contributed by atoms with Crippen molar-refractivity contribution in [2.45, 2.75) is 102 Å². The number of nitrogens with one attached hydrogen (secondary N) is 1. The van der Waals surface area contributed by atoms with Gasteiger partial charge in [-0.3, -0.25) is 4.79 Å². The second kappa shape index (κ2) is 8.51. The SMILES string of the molecule is Cc1cc(C)n(-c2ccc(=O)n(C3CCC(NC4CC5CCCC(C4)N5C)CC3)n2)n1. The Balaban J connectivity index is 1.22. The molecule has 2 atom stereocenters. The second-order valence-electron chi connectivity index (χ2n) is 10.1. The zero-order valence-corrected chi connectivity index (χ0v) is 19.1. The molecule has 0 aromatic carbocycles. The van der Waals surface area contributed by atoms with Gasteiger partial charge in [-0.05, 0) is 84.4 Å². The molecule has 3 aliphatic rings. The average Bonchev–Trinajstić information content (AvgIpc) is 3.08. The number of aryl methyl sites for hydroxylation is 2. The van der Waals surface area contributed by atoms with Crippen LogP contribution in [0.25, 0.3) is 5.82 Å². The molecule has 7 heteroatoms. The van der Waals surface area contributed by atoms with Crippen LogP contribution in [0, 0.1) is 13.8 Å². The van der Waals surface area contributed by atoms with Crippen LogP contribution in [0.3, 0.4) is 0 Å². The van der Waals surface area contributed by atoms with E-state index in [0.29, 0.717) is 12.1 Å². The van der Waals surface area contributed by atoms with E-state index in [1.807, 2.05) is 24.6 Å². The highest BCUT2D eigenvalue weighted by atomic mass is 16.1. The lowest BCUT2D eigenvalue weighted by Crippen LogP contribution is -2.56. The number of hydrogen-bond acceptors (Lipinski definition) is 5. The topological polar surface area (TPSA) is 68.0 Å². The van der Waals surface area contributed by atoms with Gasteiger partial charge in [0.15, 0.2) is 5.82 Å². The number of aromatic nitrogens is 4. The van der Waals surface area contributed by atoms with Crippen molar-refractivity contribution >= 4 is 0 Å². The summed E-state index contributed by atoms with van der Waals surface area (Å²) in [6.45, 7) is 4.00. The van der Waals surface area contributed by atoms with E-state index in [2.05, 4.69) is 22.4 Å². The minimum absolute atomic E-state index is 0.00941. The summed E-state index contributed by atoms with van der Waals surface area (Å²) in [5.41, 5.74) is 1.98. The van der Waals surface area contributed by atoms with Crippen LogP contribution in [0.1, 0.15) is 75.2 Å². The van der Waals surface area contributed by atoms with Crippen molar-refractivity contribution in [3.05, 3.63) is 39.9 Å². The fourth-order valence-corrected chi connectivity index (χ4v) is 6.22. The second-order valence-corrected chi connectivity index (χ2v) is 10.1. The van der Waals surface area contributed by atoms with Crippen LogP contribution in [-0.4, -0.2) is 55.7 Å². The lowest BCUT2D eigenvalue weighted by atomic mass is 9.81. The molecular weight excluding hydrogens is 388 g/mol. The normalized spacial score (nSPS) is 31.6. The van der Waals surface area contributed by atoms with E-state index in [9.17, 15) is 4.79 Å². The van der Waals surface area contributed by atoms with Crippen molar-refractivity contribution in [1.29, 1.82) is 0 Å². The van der Waals surface area contributed by atoms with Crippen molar-refractivity contribution in [2.24, 2.45) is 0 Å². The van der Waals surface area contributed by atoms with Crippen LogP contribution in [0.2, 0.25) is 0 Å². The fourth-order valence-electron chi connectivity index (χ4n) is 6.22. The van der Waals surface area contributed by atoms with Gasteiger partial charge < -0.3 is 10.2 Å². The van der Waals surface area contributed by atoms with Crippen molar-refractivity contribution < 1.29 is 0 Å². The van der Waals surface area contributed by atoms with E-state index < -0.39 is 0 Å². The Morgan fingerprint density at radius 3 is 2.26 bits per heavy atom. The number of rotatable bonds is 4. The average molecular weight is 425 g/mol. The van der Waals surface area contributed by atoms with Gasteiger partial charge in [-0.25, -0.2) is 9.36 Å². The summed E-state index contributed by atoms with van der Waals surface area (Å²) in [6, 6.07) is 8.39. The Hall–Kier alpha value is -1.99. The third-order valence-corrected chi connectivity index (χ3v) is 7.89. The van der Waals surface area contributed by atoms with E-state index in [4.69, 9.17) is 5.10 Å². The smallest absolute Gasteiger partial charge is 0.267 e. The van der Waals surface area contributed by atoms with Gasteiger partial charge in [0.25, 0.3) is 5.56 Å². The molecule has 31 heavy (non-hydrogen) atoms. The van der Waals surface area contributed by atoms with Crippen LogP contribution < -0.4 is 10.9 Å². The maximum absolute atomic E-state index is 12.6. The fraction of sp³-hybridized carbons (Fsp3) is 0.708. The van der Waals surface area contributed by atoms with Crippen LogP contribution in [0.5, 0.6) is 0 Å². The van der Waals surface area contributed by atoms with Gasteiger partial charge in [0.2, 0.25) is 0 Å². The predicted octanol–water partition coefficient (Wildman–Crippen LogP) is 3.13. The van der Waals surface area contributed by atoms with Crippen molar-refractivity contribution in [2.75, 3.05) is 7.05 Å². The van der Waals surface area contributed by atoms with Crippen LogP contribution >= 0.6 is 0 Å². The van der Waals surface area contributed by atoms with Gasteiger partial charge in [-0.1, -0.05) is 6.42 Å². The maximum Gasteiger partial charge on any atom is 0.267 e. The van der Waals surface area contributed by atoms with Crippen LogP contribution in [0.15, 0.2) is 23.0 Å². The monoisotopic (exact) mass is 424 g/mol. The van der Waals surface area contributed by atoms with Crippen molar-refractivity contribution in [3.63, 3.8) is 0 Å². The Kier molecular flexibility index (Phi) is 5.73. The number of piperidine rings is 2. The van der Waals surface area contributed by atoms with E-state index in [1.165, 1.54) is 32.1 Å². The highest BCUT2D eigenvalue weighted by Gasteiger charge is 2.37. The molecule has 1 N–H and O–H groups in total. The minimum atomic E-state index is -0.00941. The molecule has 3 fully saturated rings. The first-order chi connectivity index (χ1) is 15.0. The molecule has 0 spiro atoms. The molecule has 7 nitrogen and oxygen atoms in total. The summed E-state index contributed by atoms with van der Waals surface area (Å²) >= 11 is 0. The third-order valence-electron chi connectivity index (χ3n) is 7.89. The van der Waals surface area contributed by atoms with E-state index >= 15 is 0 Å². The van der Waals surface area contributed by atoms with E-state index in [0.717, 1.165) is 55.0 Å². The lowest BCUT2D eigenvalue weighted by molar-refractivity contribution is 0.0437. The molecule has 1 aliphatic carbocycles. The molecule has 2 saturated heterocycles. The lowest BCUT2D eigenvalue weighted by Gasteiger charge is -2.48. The zero-order chi connectivity index (χ0) is 21.5. The molecule has 2 aliphatic heterocycles. The maximum atomic E-state index is 12.6. The van der Waals surface area contributed by atoms with Gasteiger partial charge in [-0.2, -0.15) is 5.10 Å². The Morgan fingerprint density at radius 2 is 1.61 bits per heavy atom. The number of nitrogens with zero attached hydrogens (tertiary/aromatic N) is 5. The largest absolute Gasteiger partial charge is 0.311 e. The van der Waals surface area contributed by atoms with E-state index in [-0.39, 0.29) is 11.6 Å². The van der Waals surface area contributed by atoms with Crippen LogP contribution in [-0.2, 0) is 0 Å². The Bertz CT molecular complexity index is 959. The summed E-state index contributed by atoms with van der Waals surface area (Å²) in [7, 11) is 2.32. The molecule has 0 radical (unpaired) electrons. The molecule has 4 heterocycles. The Labute approximate surface area is 184 Å². The van der Waals surface area contributed by atoms with E-state index in [1.54, 1.807) is 16.8 Å². The van der Waals surface area contributed by atoms with Gasteiger partial charge >= 0.3 is 0 Å². The van der Waals surface area contributed by atoms with Crippen molar-refractivity contribution in [3.8, 4) is 5.82 Å². The molecular formula is C24H36N6O. The first kappa shape index (κ1) is 20.9. The highest BCUT2D eigenvalue weighted by molar-refractivity contribution is 5.24. The quantitative estimate of drug-likeness (QED) is 0.817. The predicted molar refractivity (Wildman–Crippen MR) is 122 cm³/mol. The minimum Gasteiger partial charge on any atom is -0.311 e. The highest BCUT2D eigenvalue weighted by Crippen LogP contribution is 2.34. The molecule has 168 valence electrons. The number of hydrogen-bond donors (Lipinski definition) is 1. The molecule has 2 aromatic heterocycles. The molecule has 2 unspecified atom stereocenters. The summed E-state index contributed by atoms with van der Waals surface area (Å²) < 4.78 is 3.54.